The lowest BCUT2D eigenvalue weighted by Crippen LogP contribution is -2.31. The summed E-state index contributed by atoms with van der Waals surface area (Å²) in [5, 5.41) is 6.43. The second-order valence-corrected chi connectivity index (χ2v) is 6.03. The van der Waals surface area contributed by atoms with E-state index in [9.17, 15) is 9.59 Å². The fourth-order valence-electron chi connectivity index (χ4n) is 1.79. The molecular weight excluding hydrogens is 286 g/mol. The first-order valence-corrected chi connectivity index (χ1v) is 7.38. The molecule has 0 aliphatic heterocycles. The lowest BCUT2D eigenvalue weighted by molar-refractivity contribution is 0.101. The number of Topliss-reactive ketones (excluding diaryl/α,β-unsaturated/α-hetero) is 1. The Bertz CT molecular complexity index is 649. The van der Waals surface area contributed by atoms with E-state index in [0.717, 1.165) is 9.88 Å². The van der Waals surface area contributed by atoms with Gasteiger partial charge in [-0.3, -0.25) is 4.79 Å². The predicted molar refractivity (Wildman–Crippen MR) is 83.9 cm³/mol. The maximum atomic E-state index is 11.9. The summed E-state index contributed by atoms with van der Waals surface area (Å²) in [4.78, 5) is 28.4. The Labute approximate surface area is 127 Å². The summed E-state index contributed by atoms with van der Waals surface area (Å²) in [5.41, 5.74) is 1.26. The van der Waals surface area contributed by atoms with Gasteiger partial charge in [-0.15, -0.1) is 11.3 Å². The Morgan fingerprint density at radius 3 is 2.43 bits per heavy atom. The predicted octanol–water partition coefficient (Wildman–Crippen LogP) is 3.54. The van der Waals surface area contributed by atoms with Crippen molar-refractivity contribution in [2.75, 3.05) is 5.32 Å². The van der Waals surface area contributed by atoms with E-state index in [4.69, 9.17) is 0 Å². The van der Waals surface area contributed by atoms with Crippen molar-refractivity contribution in [3.8, 4) is 0 Å². The Balaban J connectivity index is 1.93. The monoisotopic (exact) mass is 303 g/mol. The molecule has 21 heavy (non-hydrogen) atoms. The van der Waals surface area contributed by atoms with Crippen LogP contribution in [0.3, 0.4) is 0 Å². The van der Waals surface area contributed by atoms with Gasteiger partial charge < -0.3 is 10.6 Å². The summed E-state index contributed by atoms with van der Waals surface area (Å²) in [6.45, 7) is 5.37. The molecule has 2 N–H and O–H groups in total. The number of amides is 2. The van der Waals surface area contributed by atoms with Gasteiger partial charge in [-0.2, -0.15) is 0 Å². The Morgan fingerprint density at radius 1 is 1.24 bits per heavy atom. The van der Waals surface area contributed by atoms with Crippen molar-refractivity contribution < 1.29 is 9.59 Å². The minimum absolute atomic E-state index is 0.00115. The van der Waals surface area contributed by atoms with E-state index in [1.54, 1.807) is 41.8 Å². The number of benzene rings is 1. The van der Waals surface area contributed by atoms with E-state index in [1.165, 1.54) is 6.92 Å². The Hall–Kier alpha value is -2.21. The average Bonchev–Trinajstić information content (AvgIpc) is 2.86. The summed E-state index contributed by atoms with van der Waals surface area (Å²) >= 11 is 1.56. The van der Waals surface area contributed by atoms with Crippen LogP contribution in [0.1, 0.15) is 40.1 Å². The van der Waals surface area contributed by atoms with Crippen LogP contribution in [-0.4, -0.2) is 16.8 Å². The topological polar surface area (TPSA) is 71.1 Å². The van der Waals surface area contributed by atoms with Gasteiger partial charge in [0.25, 0.3) is 0 Å². The first kappa shape index (κ1) is 15.2. The van der Waals surface area contributed by atoms with Crippen molar-refractivity contribution in [2.45, 2.75) is 26.8 Å². The minimum atomic E-state index is -0.300. The standard InChI is InChI=1S/C15H17N3O2S/c1-9-8-16-14(21-9)10(2)17-15(20)18-13-6-4-12(5-7-13)11(3)19/h4-8,10H,1-3H3,(H2,17,18,20). The third kappa shape index (κ3) is 4.13. The van der Waals surface area contributed by atoms with E-state index in [0.29, 0.717) is 11.3 Å². The molecule has 2 aromatic rings. The maximum absolute atomic E-state index is 11.9. The number of ketones is 1. The van der Waals surface area contributed by atoms with Gasteiger partial charge in [-0.25, -0.2) is 9.78 Å². The van der Waals surface area contributed by atoms with E-state index in [2.05, 4.69) is 15.6 Å². The fraction of sp³-hybridized carbons (Fsp3) is 0.267. The van der Waals surface area contributed by atoms with Gasteiger partial charge in [0.15, 0.2) is 5.78 Å². The van der Waals surface area contributed by atoms with Crippen molar-refractivity contribution in [1.29, 1.82) is 0 Å². The van der Waals surface area contributed by atoms with Gasteiger partial charge in [-0.05, 0) is 45.0 Å². The summed E-state index contributed by atoms with van der Waals surface area (Å²) in [6, 6.07) is 6.33. The summed E-state index contributed by atoms with van der Waals surface area (Å²) in [6.07, 6.45) is 1.79. The molecule has 1 aromatic carbocycles. The molecule has 0 saturated heterocycles. The summed E-state index contributed by atoms with van der Waals surface area (Å²) in [7, 11) is 0. The second-order valence-electron chi connectivity index (χ2n) is 4.76. The number of hydrogen-bond donors (Lipinski definition) is 2. The van der Waals surface area contributed by atoms with Crippen LogP contribution in [0.25, 0.3) is 0 Å². The second kappa shape index (κ2) is 6.49. The first-order valence-electron chi connectivity index (χ1n) is 6.56. The molecule has 0 aliphatic carbocycles. The molecule has 1 unspecified atom stereocenters. The molecule has 0 fully saturated rings. The zero-order valence-corrected chi connectivity index (χ0v) is 13.0. The van der Waals surface area contributed by atoms with Crippen LogP contribution in [0.15, 0.2) is 30.5 Å². The van der Waals surface area contributed by atoms with E-state index in [1.807, 2.05) is 13.8 Å². The SMILES string of the molecule is CC(=O)c1ccc(NC(=O)NC(C)c2ncc(C)s2)cc1. The van der Waals surface area contributed by atoms with Crippen LogP contribution in [0.5, 0.6) is 0 Å². The third-order valence-corrected chi connectivity index (χ3v) is 4.00. The number of urea groups is 1. The van der Waals surface area contributed by atoms with Gasteiger partial charge in [0.05, 0.1) is 6.04 Å². The number of carbonyl (C=O) groups is 2. The van der Waals surface area contributed by atoms with Crippen LogP contribution in [-0.2, 0) is 0 Å². The number of nitrogens with one attached hydrogen (secondary N) is 2. The van der Waals surface area contributed by atoms with Gasteiger partial charge in [0.1, 0.15) is 5.01 Å². The van der Waals surface area contributed by atoms with Crippen LogP contribution < -0.4 is 10.6 Å². The highest BCUT2D eigenvalue weighted by atomic mass is 32.1. The zero-order valence-electron chi connectivity index (χ0n) is 12.1. The van der Waals surface area contributed by atoms with Gasteiger partial charge in [-0.1, -0.05) is 0 Å². The summed E-state index contributed by atoms with van der Waals surface area (Å²) in [5.74, 6) is -0.00115. The molecule has 1 atom stereocenters. The number of nitrogens with zero attached hydrogens (tertiary/aromatic N) is 1. The van der Waals surface area contributed by atoms with Gasteiger partial charge in [0.2, 0.25) is 0 Å². The van der Waals surface area contributed by atoms with Crippen LogP contribution >= 0.6 is 11.3 Å². The lowest BCUT2D eigenvalue weighted by Gasteiger charge is -2.12. The largest absolute Gasteiger partial charge is 0.329 e. The van der Waals surface area contributed by atoms with E-state index >= 15 is 0 Å². The molecule has 1 aromatic heterocycles. The number of aryl methyl sites for hydroxylation is 1. The van der Waals surface area contributed by atoms with Crippen LogP contribution in [0.2, 0.25) is 0 Å². The number of rotatable bonds is 4. The van der Waals surface area contributed by atoms with Crippen molar-refractivity contribution in [1.82, 2.24) is 10.3 Å². The molecule has 0 saturated carbocycles. The molecule has 2 amide bonds. The maximum Gasteiger partial charge on any atom is 0.319 e. The molecular formula is C15H17N3O2S. The molecule has 0 bridgehead atoms. The smallest absolute Gasteiger partial charge is 0.319 e. The Morgan fingerprint density at radius 2 is 1.90 bits per heavy atom. The average molecular weight is 303 g/mol. The summed E-state index contributed by atoms with van der Waals surface area (Å²) < 4.78 is 0. The number of carbonyl (C=O) groups excluding carboxylic acids is 2. The van der Waals surface area contributed by atoms with Gasteiger partial charge in [0, 0.05) is 22.3 Å². The lowest BCUT2D eigenvalue weighted by atomic mass is 10.1. The third-order valence-electron chi connectivity index (χ3n) is 2.91. The van der Waals surface area contributed by atoms with Gasteiger partial charge >= 0.3 is 6.03 Å². The fourth-order valence-corrected chi connectivity index (χ4v) is 2.56. The van der Waals surface area contributed by atoms with Crippen molar-refractivity contribution in [3.05, 3.63) is 45.9 Å². The highest BCUT2D eigenvalue weighted by molar-refractivity contribution is 7.11. The highest BCUT2D eigenvalue weighted by Gasteiger charge is 2.12. The number of hydrogen-bond acceptors (Lipinski definition) is 4. The molecule has 110 valence electrons. The van der Waals surface area contributed by atoms with Crippen molar-refractivity contribution >= 4 is 28.8 Å². The molecule has 0 spiro atoms. The minimum Gasteiger partial charge on any atom is -0.329 e. The highest BCUT2D eigenvalue weighted by Crippen LogP contribution is 2.19. The zero-order chi connectivity index (χ0) is 15.4. The van der Waals surface area contributed by atoms with E-state index in [-0.39, 0.29) is 17.9 Å². The first-order chi connectivity index (χ1) is 9.95. The molecule has 5 nitrogen and oxygen atoms in total. The normalized spacial score (nSPS) is 11.8. The number of thiazole rings is 1. The van der Waals surface area contributed by atoms with Crippen molar-refractivity contribution in [3.63, 3.8) is 0 Å². The quantitative estimate of drug-likeness (QED) is 0.849. The molecule has 2 rings (SSSR count). The molecule has 1 heterocycles. The number of aromatic nitrogens is 1. The molecule has 0 radical (unpaired) electrons. The van der Waals surface area contributed by atoms with Crippen LogP contribution in [0, 0.1) is 6.92 Å². The number of anilines is 1. The van der Waals surface area contributed by atoms with Crippen molar-refractivity contribution in [2.24, 2.45) is 0 Å². The molecule has 0 aliphatic rings. The Kier molecular flexibility index (Phi) is 4.70. The van der Waals surface area contributed by atoms with E-state index < -0.39 is 0 Å². The van der Waals surface area contributed by atoms with Crippen LogP contribution in [0.4, 0.5) is 10.5 Å². The molecule has 6 heteroatoms.